The van der Waals surface area contributed by atoms with E-state index in [1.807, 2.05) is 24.3 Å². The van der Waals surface area contributed by atoms with Gasteiger partial charge in [-0.05, 0) is 48.0 Å². The van der Waals surface area contributed by atoms with Crippen LogP contribution in [0.3, 0.4) is 0 Å². The van der Waals surface area contributed by atoms with Gasteiger partial charge >= 0.3 is 6.03 Å². The van der Waals surface area contributed by atoms with Crippen LogP contribution in [0.5, 0.6) is 11.5 Å². The van der Waals surface area contributed by atoms with Crippen molar-refractivity contribution in [3.63, 3.8) is 0 Å². The second-order valence-electron chi connectivity index (χ2n) is 8.12. The van der Waals surface area contributed by atoms with E-state index >= 15 is 0 Å². The molecular weight excluding hydrogens is 482 g/mol. The third kappa shape index (κ3) is 5.86. The quantitative estimate of drug-likeness (QED) is 0.478. The van der Waals surface area contributed by atoms with Gasteiger partial charge in [-0.3, -0.25) is 4.98 Å². The molecule has 1 saturated heterocycles. The number of hydrogen-bond acceptors (Lipinski definition) is 7. The fourth-order valence-electron chi connectivity index (χ4n) is 3.93. The number of carbonyl (C=O) groups excluding carboxylic acids is 1. The molecule has 0 atom stereocenters. The van der Waals surface area contributed by atoms with Crippen LogP contribution in [-0.2, 0) is 16.6 Å². The normalized spacial score (nSPS) is 14.2. The number of rotatable bonds is 8. The van der Waals surface area contributed by atoms with Gasteiger partial charge < -0.3 is 25.0 Å². The van der Waals surface area contributed by atoms with Crippen molar-refractivity contribution in [2.45, 2.75) is 11.4 Å². The molecule has 1 aliphatic heterocycles. The van der Waals surface area contributed by atoms with Gasteiger partial charge in [-0.15, -0.1) is 0 Å². The van der Waals surface area contributed by atoms with Gasteiger partial charge in [0.15, 0.2) is 11.5 Å². The number of aromatic nitrogens is 1. The van der Waals surface area contributed by atoms with Crippen molar-refractivity contribution in [1.29, 1.82) is 0 Å². The van der Waals surface area contributed by atoms with E-state index in [1.165, 1.54) is 16.4 Å². The Hall–Kier alpha value is -3.83. The Bertz CT molecular complexity index is 1280. The molecule has 2 aromatic carbocycles. The van der Waals surface area contributed by atoms with Crippen LogP contribution in [-0.4, -0.2) is 64.1 Å². The molecule has 1 fully saturated rings. The SMILES string of the molecule is COc1ccc(N2CCN(S(=O)(=O)c3ccc(NC(=O)NCc4cccnc4)cc3)CC2)cc1OC. The van der Waals surface area contributed by atoms with E-state index in [4.69, 9.17) is 9.47 Å². The van der Waals surface area contributed by atoms with Gasteiger partial charge in [0.25, 0.3) is 0 Å². The summed E-state index contributed by atoms with van der Waals surface area (Å²) in [5.41, 5.74) is 2.32. The average Bonchev–Trinajstić information content (AvgIpc) is 2.92. The molecule has 0 radical (unpaired) electrons. The number of nitrogens with zero attached hydrogens (tertiary/aromatic N) is 3. The van der Waals surface area contributed by atoms with Crippen LogP contribution >= 0.6 is 0 Å². The molecule has 190 valence electrons. The number of nitrogens with one attached hydrogen (secondary N) is 2. The van der Waals surface area contributed by atoms with Gasteiger partial charge in [0, 0.05) is 62.6 Å². The summed E-state index contributed by atoms with van der Waals surface area (Å²) in [5.74, 6) is 1.27. The number of methoxy groups -OCH3 is 2. The molecule has 3 aromatic rings. The van der Waals surface area contributed by atoms with Crippen LogP contribution in [0.1, 0.15) is 5.56 Å². The summed E-state index contributed by atoms with van der Waals surface area (Å²) in [7, 11) is -0.485. The number of hydrogen-bond donors (Lipinski definition) is 2. The Labute approximate surface area is 210 Å². The summed E-state index contributed by atoms with van der Waals surface area (Å²) in [6.07, 6.45) is 3.34. The smallest absolute Gasteiger partial charge is 0.319 e. The van der Waals surface area contributed by atoms with Crippen LogP contribution < -0.4 is 25.0 Å². The van der Waals surface area contributed by atoms with E-state index in [-0.39, 0.29) is 10.9 Å². The molecule has 11 heteroatoms. The Morgan fingerprint density at radius 1 is 0.972 bits per heavy atom. The molecule has 2 amide bonds. The van der Waals surface area contributed by atoms with Gasteiger partial charge in [-0.1, -0.05) is 6.07 Å². The lowest BCUT2D eigenvalue weighted by molar-refractivity contribution is 0.251. The topological polar surface area (TPSA) is 113 Å². The highest BCUT2D eigenvalue weighted by molar-refractivity contribution is 7.89. The maximum atomic E-state index is 13.2. The highest BCUT2D eigenvalue weighted by Gasteiger charge is 2.29. The molecule has 1 aliphatic rings. The van der Waals surface area contributed by atoms with Gasteiger partial charge in [0.2, 0.25) is 10.0 Å². The molecule has 0 bridgehead atoms. The molecule has 10 nitrogen and oxygen atoms in total. The maximum Gasteiger partial charge on any atom is 0.319 e. The second-order valence-corrected chi connectivity index (χ2v) is 10.1. The number of sulfonamides is 1. The molecule has 4 rings (SSSR count). The number of piperazine rings is 1. The van der Waals surface area contributed by atoms with Crippen LogP contribution in [0.2, 0.25) is 0 Å². The van der Waals surface area contributed by atoms with E-state index in [0.29, 0.717) is 49.9 Å². The van der Waals surface area contributed by atoms with E-state index in [1.54, 1.807) is 44.8 Å². The van der Waals surface area contributed by atoms with Crippen LogP contribution in [0.25, 0.3) is 0 Å². The largest absolute Gasteiger partial charge is 0.493 e. The van der Waals surface area contributed by atoms with Gasteiger partial charge in [0.05, 0.1) is 19.1 Å². The van der Waals surface area contributed by atoms with E-state index in [0.717, 1.165) is 11.3 Å². The Kier molecular flexibility index (Phi) is 7.91. The number of pyridine rings is 1. The maximum absolute atomic E-state index is 13.2. The zero-order chi connectivity index (χ0) is 25.5. The minimum absolute atomic E-state index is 0.184. The minimum Gasteiger partial charge on any atom is -0.493 e. The highest BCUT2D eigenvalue weighted by Crippen LogP contribution is 2.32. The molecule has 2 N–H and O–H groups in total. The van der Waals surface area contributed by atoms with Crippen molar-refractivity contribution in [2.75, 3.05) is 50.6 Å². The number of benzene rings is 2. The zero-order valence-electron chi connectivity index (χ0n) is 20.2. The molecule has 0 unspecified atom stereocenters. The first-order valence-corrected chi connectivity index (χ1v) is 12.9. The monoisotopic (exact) mass is 511 g/mol. The summed E-state index contributed by atoms with van der Waals surface area (Å²) >= 11 is 0. The standard InChI is InChI=1S/C25H29N5O5S/c1-34-23-10-7-21(16-24(23)35-2)29-12-14-30(15-13-29)36(32,33)22-8-5-20(6-9-22)28-25(31)27-18-19-4-3-11-26-17-19/h3-11,16-17H,12-15,18H2,1-2H3,(H2,27,28,31). The van der Waals surface area contributed by atoms with Gasteiger partial charge in [0.1, 0.15) is 0 Å². The molecule has 1 aromatic heterocycles. The summed E-state index contributed by atoms with van der Waals surface area (Å²) in [5, 5.41) is 5.45. The van der Waals surface area contributed by atoms with Crippen molar-refractivity contribution in [1.82, 2.24) is 14.6 Å². The minimum atomic E-state index is -3.66. The number of amides is 2. The summed E-state index contributed by atoms with van der Waals surface area (Å²) in [4.78, 5) is 18.5. The Morgan fingerprint density at radius 2 is 1.69 bits per heavy atom. The Morgan fingerprint density at radius 3 is 2.33 bits per heavy atom. The van der Waals surface area contributed by atoms with Crippen molar-refractivity contribution in [3.8, 4) is 11.5 Å². The first kappa shape index (κ1) is 25.3. The second kappa shape index (κ2) is 11.3. The van der Waals surface area contributed by atoms with E-state index in [9.17, 15) is 13.2 Å². The van der Waals surface area contributed by atoms with Gasteiger partial charge in [-0.25, -0.2) is 13.2 Å². The predicted octanol–water partition coefficient (Wildman–Crippen LogP) is 2.93. The third-order valence-corrected chi connectivity index (χ3v) is 7.81. The van der Waals surface area contributed by atoms with E-state index in [2.05, 4.69) is 20.5 Å². The summed E-state index contributed by atoms with van der Waals surface area (Å²) in [6.45, 7) is 2.14. The number of urea groups is 1. The van der Waals surface area contributed by atoms with Crippen molar-refractivity contribution in [3.05, 3.63) is 72.6 Å². The lowest BCUT2D eigenvalue weighted by atomic mass is 10.2. The zero-order valence-corrected chi connectivity index (χ0v) is 21.0. The van der Waals surface area contributed by atoms with Crippen LogP contribution in [0, 0.1) is 0 Å². The average molecular weight is 512 g/mol. The van der Waals surface area contributed by atoms with E-state index < -0.39 is 10.0 Å². The van der Waals surface area contributed by atoms with Crippen LogP contribution in [0.15, 0.2) is 71.9 Å². The number of anilines is 2. The molecule has 2 heterocycles. The molecular formula is C25H29N5O5S. The third-order valence-electron chi connectivity index (χ3n) is 5.90. The van der Waals surface area contributed by atoms with Crippen molar-refractivity contribution < 1.29 is 22.7 Å². The number of ether oxygens (including phenoxy) is 2. The first-order chi connectivity index (χ1) is 17.4. The van der Waals surface area contributed by atoms with Crippen LogP contribution in [0.4, 0.5) is 16.2 Å². The highest BCUT2D eigenvalue weighted by atomic mass is 32.2. The molecule has 0 saturated carbocycles. The molecule has 0 spiro atoms. The lowest BCUT2D eigenvalue weighted by Crippen LogP contribution is -2.48. The van der Waals surface area contributed by atoms with Crippen molar-refractivity contribution in [2.24, 2.45) is 0 Å². The summed E-state index contributed by atoms with van der Waals surface area (Å²) < 4.78 is 38.5. The van der Waals surface area contributed by atoms with Gasteiger partial charge in [-0.2, -0.15) is 4.31 Å². The summed E-state index contributed by atoms with van der Waals surface area (Å²) in [6, 6.07) is 15.1. The fraction of sp³-hybridized carbons (Fsp3) is 0.280. The predicted molar refractivity (Wildman–Crippen MR) is 137 cm³/mol. The first-order valence-electron chi connectivity index (χ1n) is 11.4. The fourth-order valence-corrected chi connectivity index (χ4v) is 5.35. The van der Waals surface area contributed by atoms with Crippen molar-refractivity contribution >= 4 is 27.4 Å². The lowest BCUT2D eigenvalue weighted by Gasteiger charge is -2.35. The molecule has 36 heavy (non-hydrogen) atoms. The molecule has 0 aliphatic carbocycles. The Balaban J connectivity index is 1.33. The number of carbonyl (C=O) groups is 1.